The van der Waals surface area contributed by atoms with Crippen LogP contribution in [0.4, 0.5) is 4.79 Å². The van der Waals surface area contributed by atoms with Crippen molar-refractivity contribution in [3.8, 4) is 0 Å². The zero-order chi connectivity index (χ0) is 18.7. The highest BCUT2D eigenvalue weighted by Crippen LogP contribution is 2.32. The average molecular weight is 366 g/mol. The summed E-state index contributed by atoms with van der Waals surface area (Å²) in [4.78, 5) is 37.7. The number of hydrogen-bond donors (Lipinski definition) is 1. The first kappa shape index (κ1) is 17.9. The summed E-state index contributed by atoms with van der Waals surface area (Å²) in [6.45, 7) is 3.75. The number of rotatable bonds is 4. The van der Waals surface area contributed by atoms with E-state index in [4.69, 9.17) is 0 Å². The predicted octanol–water partition coefficient (Wildman–Crippen LogP) is 3.62. The molecule has 0 aliphatic carbocycles. The van der Waals surface area contributed by atoms with Crippen molar-refractivity contribution < 1.29 is 14.4 Å². The molecule has 0 spiro atoms. The maximum absolute atomic E-state index is 13.0. The van der Waals surface area contributed by atoms with Gasteiger partial charge in [-0.05, 0) is 23.1 Å². The van der Waals surface area contributed by atoms with Crippen molar-refractivity contribution in [3.05, 3.63) is 77.4 Å². The van der Waals surface area contributed by atoms with Crippen LogP contribution >= 0.6 is 11.9 Å². The minimum atomic E-state index is -0.706. The minimum Gasteiger partial charge on any atom is -0.272 e. The van der Waals surface area contributed by atoms with Gasteiger partial charge in [-0.3, -0.25) is 14.9 Å². The third kappa shape index (κ3) is 3.55. The molecule has 1 aliphatic rings. The van der Waals surface area contributed by atoms with Gasteiger partial charge in [-0.2, -0.15) is 4.31 Å². The van der Waals surface area contributed by atoms with Crippen LogP contribution in [0.3, 0.4) is 0 Å². The quantitative estimate of drug-likeness (QED) is 0.510. The highest BCUT2D eigenvalue weighted by Gasteiger charge is 2.39. The van der Waals surface area contributed by atoms with Crippen LogP contribution < -0.4 is 5.32 Å². The first-order valence-electron chi connectivity index (χ1n) is 8.20. The van der Waals surface area contributed by atoms with Crippen LogP contribution in [-0.4, -0.2) is 27.4 Å². The number of imide groups is 2. The van der Waals surface area contributed by atoms with E-state index in [9.17, 15) is 14.4 Å². The first-order chi connectivity index (χ1) is 12.5. The van der Waals surface area contributed by atoms with Crippen molar-refractivity contribution in [1.29, 1.82) is 0 Å². The Morgan fingerprint density at radius 1 is 0.885 bits per heavy atom. The minimum absolute atomic E-state index is 0.0102. The normalized spacial score (nSPS) is 14.7. The van der Waals surface area contributed by atoms with Gasteiger partial charge >= 0.3 is 6.03 Å². The number of benzene rings is 2. The molecular weight excluding hydrogens is 348 g/mol. The molecule has 2 aromatic rings. The first-order valence-corrected chi connectivity index (χ1v) is 9.04. The van der Waals surface area contributed by atoms with Crippen molar-refractivity contribution in [3.63, 3.8) is 0 Å². The van der Waals surface area contributed by atoms with E-state index < -0.39 is 17.8 Å². The lowest BCUT2D eigenvalue weighted by molar-refractivity contribution is -0.126. The van der Waals surface area contributed by atoms with Crippen molar-refractivity contribution in [1.82, 2.24) is 9.62 Å². The molecule has 1 fully saturated rings. The number of nitrogens with one attached hydrogen (secondary N) is 1. The van der Waals surface area contributed by atoms with E-state index in [0.717, 1.165) is 27.4 Å². The molecule has 0 saturated carbocycles. The third-order valence-electron chi connectivity index (χ3n) is 3.72. The fraction of sp³-hybridized carbons (Fsp3) is 0.150. The van der Waals surface area contributed by atoms with E-state index in [1.54, 1.807) is 0 Å². The molecule has 5 nitrogen and oxygen atoms in total. The summed E-state index contributed by atoms with van der Waals surface area (Å²) >= 11 is 1.09. The molecule has 0 bridgehead atoms. The second-order valence-corrected chi connectivity index (χ2v) is 7.51. The van der Waals surface area contributed by atoms with Gasteiger partial charge in [0, 0.05) is 10.8 Å². The summed E-state index contributed by atoms with van der Waals surface area (Å²) in [6.07, 6.45) is 0. The van der Waals surface area contributed by atoms with E-state index in [-0.39, 0.29) is 10.8 Å². The van der Waals surface area contributed by atoms with Gasteiger partial charge in [0.15, 0.2) is 0 Å². The molecule has 0 atom stereocenters. The van der Waals surface area contributed by atoms with Gasteiger partial charge in [0.25, 0.3) is 11.8 Å². The molecule has 3 rings (SSSR count). The monoisotopic (exact) mass is 366 g/mol. The van der Waals surface area contributed by atoms with Gasteiger partial charge in [0.2, 0.25) is 0 Å². The Labute approximate surface area is 156 Å². The molecule has 0 unspecified atom stereocenters. The molecule has 1 aliphatic heterocycles. The number of carbonyl (C=O) groups excluding carboxylic acids is 3. The number of amides is 4. The van der Waals surface area contributed by atoms with Gasteiger partial charge in [0.1, 0.15) is 5.57 Å². The smallest absolute Gasteiger partial charge is 0.272 e. The average Bonchev–Trinajstić information content (AvgIpc) is 2.63. The number of hydrogen-bond acceptors (Lipinski definition) is 4. The SMILES string of the molecule is CC(C)SN1C(=O)NC(=O)C(=C(c2ccccc2)c2ccccc2)C1=O. The van der Waals surface area contributed by atoms with E-state index in [2.05, 4.69) is 5.32 Å². The fourth-order valence-electron chi connectivity index (χ4n) is 2.69. The Morgan fingerprint density at radius 2 is 1.38 bits per heavy atom. The second kappa shape index (κ2) is 7.58. The van der Waals surface area contributed by atoms with Crippen LogP contribution in [-0.2, 0) is 9.59 Å². The van der Waals surface area contributed by atoms with Crippen LogP contribution in [0, 0.1) is 0 Å². The van der Waals surface area contributed by atoms with Gasteiger partial charge in [-0.15, -0.1) is 0 Å². The summed E-state index contributed by atoms with van der Waals surface area (Å²) in [5.41, 5.74) is 1.95. The Balaban J connectivity index is 2.22. The van der Waals surface area contributed by atoms with E-state index in [1.807, 2.05) is 74.5 Å². The van der Waals surface area contributed by atoms with Crippen molar-refractivity contribution in [2.45, 2.75) is 19.1 Å². The molecule has 132 valence electrons. The van der Waals surface area contributed by atoms with Crippen LogP contribution in [0.2, 0.25) is 0 Å². The Hall–Kier alpha value is -2.86. The number of nitrogens with zero attached hydrogens (tertiary/aromatic N) is 1. The zero-order valence-corrected chi connectivity index (χ0v) is 15.2. The summed E-state index contributed by atoms with van der Waals surface area (Å²) in [7, 11) is 0. The van der Waals surface area contributed by atoms with E-state index in [1.165, 1.54) is 0 Å². The molecule has 6 heteroatoms. The molecule has 1 heterocycles. The third-order valence-corrected chi connectivity index (χ3v) is 4.69. The van der Waals surface area contributed by atoms with Crippen molar-refractivity contribution >= 4 is 35.4 Å². The second-order valence-electron chi connectivity index (χ2n) is 6.00. The largest absolute Gasteiger partial charge is 0.341 e. The molecule has 26 heavy (non-hydrogen) atoms. The van der Waals surface area contributed by atoms with Gasteiger partial charge < -0.3 is 0 Å². The van der Waals surface area contributed by atoms with Crippen LogP contribution in [0.5, 0.6) is 0 Å². The summed E-state index contributed by atoms with van der Waals surface area (Å²) in [5, 5.41) is 2.29. The Morgan fingerprint density at radius 3 is 1.85 bits per heavy atom. The molecule has 0 aromatic heterocycles. The summed E-state index contributed by atoms with van der Waals surface area (Å²) in [6, 6.07) is 17.8. The van der Waals surface area contributed by atoms with E-state index >= 15 is 0 Å². The molecule has 1 N–H and O–H groups in total. The lowest BCUT2D eigenvalue weighted by atomic mass is 9.91. The van der Waals surface area contributed by atoms with Crippen LogP contribution in [0.1, 0.15) is 25.0 Å². The highest BCUT2D eigenvalue weighted by atomic mass is 32.2. The van der Waals surface area contributed by atoms with Crippen molar-refractivity contribution in [2.75, 3.05) is 0 Å². The Bertz CT molecular complexity index is 835. The molecule has 2 aromatic carbocycles. The number of carbonyl (C=O) groups is 3. The van der Waals surface area contributed by atoms with Gasteiger partial charge in [-0.25, -0.2) is 4.79 Å². The van der Waals surface area contributed by atoms with Crippen LogP contribution in [0.15, 0.2) is 66.2 Å². The highest BCUT2D eigenvalue weighted by molar-refractivity contribution is 7.98. The van der Waals surface area contributed by atoms with Crippen LogP contribution in [0.25, 0.3) is 5.57 Å². The summed E-state index contributed by atoms with van der Waals surface area (Å²) < 4.78 is 1.02. The maximum Gasteiger partial charge on any atom is 0.341 e. The predicted molar refractivity (Wildman–Crippen MR) is 102 cm³/mol. The fourth-order valence-corrected chi connectivity index (χ4v) is 3.44. The molecule has 4 amide bonds. The Kier molecular flexibility index (Phi) is 5.23. The maximum atomic E-state index is 13.0. The standard InChI is InChI=1S/C20H18N2O3S/c1-13(2)26-22-19(24)17(18(23)21-20(22)25)16(14-9-5-3-6-10-14)15-11-7-4-8-12-15/h3-13H,1-2H3,(H,21,23,25). The zero-order valence-electron chi connectivity index (χ0n) is 14.4. The topological polar surface area (TPSA) is 66.5 Å². The summed E-state index contributed by atoms with van der Waals surface area (Å²) in [5.74, 6) is -1.27. The molecule has 1 saturated heterocycles. The van der Waals surface area contributed by atoms with Gasteiger partial charge in [-0.1, -0.05) is 74.5 Å². The van der Waals surface area contributed by atoms with Gasteiger partial charge in [0.05, 0.1) is 0 Å². The molecule has 0 radical (unpaired) electrons. The molecular formula is C20H18N2O3S. The van der Waals surface area contributed by atoms with Crippen molar-refractivity contribution in [2.24, 2.45) is 0 Å². The lowest BCUT2D eigenvalue weighted by Gasteiger charge is -2.28. The lowest BCUT2D eigenvalue weighted by Crippen LogP contribution is -2.52. The number of barbiturate groups is 1. The number of urea groups is 1. The van der Waals surface area contributed by atoms with E-state index in [0.29, 0.717) is 5.57 Å².